The number of hydrogen-bond donors (Lipinski definition) is 2. The van der Waals surface area contributed by atoms with Crippen molar-refractivity contribution in [2.75, 3.05) is 6.61 Å². The van der Waals surface area contributed by atoms with Crippen LogP contribution in [0, 0.1) is 11.7 Å². The second kappa shape index (κ2) is 14.3. The zero-order valence-electron chi connectivity index (χ0n) is 21.4. The Kier molecular flexibility index (Phi) is 11.2. The molecule has 3 aromatic carbocycles. The van der Waals surface area contributed by atoms with Gasteiger partial charge in [-0.15, -0.1) is 0 Å². The van der Waals surface area contributed by atoms with Gasteiger partial charge >= 0.3 is 0 Å². The number of nitrogens with one attached hydrogen (secondary N) is 2. The second-order valence-corrected chi connectivity index (χ2v) is 10.4. The van der Waals surface area contributed by atoms with Gasteiger partial charge in [0.25, 0.3) is 11.8 Å². The van der Waals surface area contributed by atoms with Crippen molar-refractivity contribution in [1.82, 2.24) is 10.7 Å². The number of benzene rings is 3. The molecule has 1 unspecified atom stereocenters. The maximum Gasteiger partial charge on any atom is 0.262 e. The molecule has 0 aliphatic carbocycles. The molecule has 0 radical (unpaired) electrons. The number of nitrogens with zero attached hydrogens (tertiary/aromatic N) is 1. The van der Waals surface area contributed by atoms with Gasteiger partial charge in [-0.05, 0) is 70.7 Å². The molecule has 0 aliphatic rings. The minimum atomic E-state index is -0.935. The molecule has 3 rings (SSSR count). The van der Waals surface area contributed by atoms with Crippen LogP contribution in [0.1, 0.15) is 42.3 Å². The predicted molar refractivity (Wildman–Crippen MR) is 154 cm³/mol. The molecule has 7 nitrogen and oxygen atoms in total. The fourth-order valence-corrected chi connectivity index (χ4v) is 4.53. The van der Waals surface area contributed by atoms with Crippen molar-refractivity contribution in [2.24, 2.45) is 11.0 Å². The highest BCUT2D eigenvalue weighted by Gasteiger charge is 2.25. The summed E-state index contributed by atoms with van der Waals surface area (Å²) >= 11 is 15.7. The third-order valence-electron chi connectivity index (χ3n) is 5.46. The van der Waals surface area contributed by atoms with Crippen molar-refractivity contribution in [2.45, 2.75) is 33.4 Å². The van der Waals surface area contributed by atoms with E-state index in [0.717, 1.165) is 5.56 Å². The summed E-state index contributed by atoms with van der Waals surface area (Å²) in [6.07, 6.45) is 1.43. The first-order chi connectivity index (χ1) is 18.6. The van der Waals surface area contributed by atoms with E-state index in [2.05, 4.69) is 31.8 Å². The minimum Gasteiger partial charge on any atom is -0.490 e. The molecule has 11 heteroatoms. The molecule has 1 atom stereocenters. The zero-order chi connectivity index (χ0) is 28.5. The summed E-state index contributed by atoms with van der Waals surface area (Å²) in [5.74, 6) is -1.25. The molecule has 0 aromatic heterocycles. The second-order valence-electron chi connectivity index (χ2n) is 8.70. The summed E-state index contributed by atoms with van der Waals surface area (Å²) in [5, 5.41) is 7.62. The first kappa shape index (κ1) is 30.4. The van der Waals surface area contributed by atoms with Crippen molar-refractivity contribution < 1.29 is 23.5 Å². The van der Waals surface area contributed by atoms with E-state index in [4.69, 9.17) is 32.7 Å². The summed E-state index contributed by atoms with van der Waals surface area (Å²) < 4.78 is 26.3. The quantitative estimate of drug-likeness (QED) is 0.179. The number of rotatable bonds is 11. The van der Waals surface area contributed by atoms with Gasteiger partial charge in [0.05, 0.1) is 22.9 Å². The minimum absolute atomic E-state index is 0.145. The Morgan fingerprint density at radius 3 is 2.51 bits per heavy atom. The van der Waals surface area contributed by atoms with Crippen LogP contribution in [0.25, 0.3) is 0 Å². The first-order valence-corrected chi connectivity index (χ1v) is 13.6. The van der Waals surface area contributed by atoms with Gasteiger partial charge in [0.15, 0.2) is 11.5 Å². The Balaban J connectivity index is 1.70. The molecule has 2 amide bonds. The lowest BCUT2D eigenvalue weighted by molar-refractivity contribution is -0.123. The lowest BCUT2D eigenvalue weighted by Gasteiger charge is -2.20. The molecule has 0 spiro atoms. The largest absolute Gasteiger partial charge is 0.490 e. The van der Waals surface area contributed by atoms with Gasteiger partial charge in [0.2, 0.25) is 0 Å². The highest BCUT2D eigenvalue weighted by Crippen LogP contribution is 2.37. The van der Waals surface area contributed by atoms with E-state index in [1.807, 2.05) is 6.92 Å². The summed E-state index contributed by atoms with van der Waals surface area (Å²) in [4.78, 5) is 25.3. The zero-order valence-corrected chi connectivity index (χ0v) is 24.5. The van der Waals surface area contributed by atoms with Crippen LogP contribution in [0.15, 0.2) is 64.2 Å². The summed E-state index contributed by atoms with van der Waals surface area (Å²) in [6.45, 7) is 5.94. The van der Waals surface area contributed by atoms with Gasteiger partial charge in [-0.25, -0.2) is 9.82 Å². The number of ether oxygens (including phenoxy) is 2. The SMILES string of the molecule is CCOc1cc(/C=N/NC(=O)C(NC(=O)c2ccccc2F)C(C)C)cc(Br)c1OCc1ccc(Cl)cc1Cl. The normalized spacial score (nSPS) is 11.9. The van der Waals surface area contributed by atoms with Gasteiger partial charge in [-0.1, -0.05) is 55.2 Å². The van der Waals surface area contributed by atoms with Gasteiger partial charge in [0, 0.05) is 15.6 Å². The summed E-state index contributed by atoms with van der Waals surface area (Å²) in [7, 11) is 0. The first-order valence-electron chi connectivity index (χ1n) is 12.0. The number of carbonyl (C=O) groups is 2. The Morgan fingerprint density at radius 1 is 1.10 bits per heavy atom. The fraction of sp³-hybridized carbons (Fsp3) is 0.250. The van der Waals surface area contributed by atoms with E-state index in [0.29, 0.717) is 38.2 Å². The Hall–Kier alpha value is -3.14. The van der Waals surface area contributed by atoms with Crippen LogP contribution >= 0.6 is 39.1 Å². The lowest BCUT2D eigenvalue weighted by atomic mass is 10.0. The topological polar surface area (TPSA) is 89.0 Å². The van der Waals surface area contributed by atoms with Crippen LogP contribution in [0.5, 0.6) is 11.5 Å². The number of carbonyl (C=O) groups excluding carboxylic acids is 2. The Morgan fingerprint density at radius 2 is 1.85 bits per heavy atom. The monoisotopic (exact) mass is 637 g/mol. The number of hydrogen-bond acceptors (Lipinski definition) is 5. The molecular weight excluding hydrogens is 612 g/mol. The molecule has 39 heavy (non-hydrogen) atoms. The Bertz CT molecular complexity index is 1370. The number of amides is 2. The average Bonchev–Trinajstić information content (AvgIpc) is 2.88. The average molecular weight is 639 g/mol. The molecule has 0 fully saturated rings. The molecular formula is C28H27BrCl2FN3O4. The van der Waals surface area contributed by atoms with Crippen LogP contribution in [-0.2, 0) is 11.4 Å². The molecule has 0 saturated heterocycles. The summed E-state index contributed by atoms with van der Waals surface area (Å²) in [6, 6.07) is 13.2. The van der Waals surface area contributed by atoms with E-state index < -0.39 is 23.7 Å². The molecule has 0 heterocycles. The van der Waals surface area contributed by atoms with E-state index in [1.54, 1.807) is 50.2 Å². The third kappa shape index (κ3) is 8.42. The van der Waals surface area contributed by atoms with Crippen LogP contribution in [0.3, 0.4) is 0 Å². The lowest BCUT2D eigenvalue weighted by Crippen LogP contribution is -2.48. The van der Waals surface area contributed by atoms with Crippen molar-refractivity contribution in [3.63, 3.8) is 0 Å². The fourth-order valence-electron chi connectivity index (χ4n) is 3.49. The van der Waals surface area contributed by atoms with Gasteiger partial charge < -0.3 is 14.8 Å². The maximum atomic E-state index is 14.0. The van der Waals surface area contributed by atoms with Gasteiger partial charge in [0.1, 0.15) is 18.5 Å². The maximum absolute atomic E-state index is 14.0. The molecule has 3 aromatic rings. The van der Waals surface area contributed by atoms with E-state index in [9.17, 15) is 14.0 Å². The molecule has 0 aliphatic heterocycles. The highest BCUT2D eigenvalue weighted by atomic mass is 79.9. The standard InChI is InChI=1S/C28H27BrCl2FN3O4/c1-4-38-24-12-17(11-21(29)26(24)39-15-18-9-10-19(30)13-22(18)31)14-33-35-28(37)25(16(2)3)34-27(36)20-7-5-6-8-23(20)32/h5-14,16,25H,4,15H2,1-3H3,(H,34,36)(H,35,37)/b33-14+. The van der Waals surface area contributed by atoms with E-state index >= 15 is 0 Å². The molecule has 0 bridgehead atoms. The predicted octanol–water partition coefficient (Wildman–Crippen LogP) is 6.78. The van der Waals surface area contributed by atoms with Crippen molar-refractivity contribution in [3.05, 3.63) is 91.6 Å². The molecule has 2 N–H and O–H groups in total. The van der Waals surface area contributed by atoms with Gasteiger partial charge in [-0.3, -0.25) is 9.59 Å². The van der Waals surface area contributed by atoms with Crippen LogP contribution < -0.4 is 20.2 Å². The number of halogens is 4. The van der Waals surface area contributed by atoms with Crippen molar-refractivity contribution >= 4 is 57.2 Å². The van der Waals surface area contributed by atoms with Gasteiger partial charge in [-0.2, -0.15) is 5.10 Å². The molecule has 0 saturated carbocycles. The third-order valence-corrected chi connectivity index (χ3v) is 6.64. The highest BCUT2D eigenvalue weighted by molar-refractivity contribution is 9.10. The Labute approximate surface area is 244 Å². The molecule has 206 valence electrons. The van der Waals surface area contributed by atoms with E-state index in [1.165, 1.54) is 24.4 Å². The smallest absolute Gasteiger partial charge is 0.262 e. The number of hydrazone groups is 1. The van der Waals surface area contributed by atoms with Crippen LogP contribution in [-0.4, -0.2) is 30.7 Å². The van der Waals surface area contributed by atoms with Crippen LogP contribution in [0.2, 0.25) is 10.0 Å². The summed E-state index contributed by atoms with van der Waals surface area (Å²) in [5.41, 5.74) is 3.66. The van der Waals surface area contributed by atoms with Crippen LogP contribution in [0.4, 0.5) is 4.39 Å². The van der Waals surface area contributed by atoms with E-state index in [-0.39, 0.29) is 18.1 Å². The van der Waals surface area contributed by atoms with Crippen molar-refractivity contribution in [3.8, 4) is 11.5 Å². The van der Waals surface area contributed by atoms with Crippen molar-refractivity contribution in [1.29, 1.82) is 0 Å².